The Morgan fingerprint density at radius 1 is 1.31 bits per heavy atom. The number of nitrogens with zero attached hydrogens (tertiary/aromatic N) is 3. The highest BCUT2D eigenvalue weighted by Crippen LogP contribution is 2.13. The van der Waals surface area contributed by atoms with Crippen LogP contribution in [0.25, 0.3) is 0 Å². The van der Waals surface area contributed by atoms with Gasteiger partial charge in [0.15, 0.2) is 5.96 Å². The van der Waals surface area contributed by atoms with Crippen LogP contribution in [0.2, 0.25) is 0 Å². The predicted octanol–water partition coefficient (Wildman–Crippen LogP) is 2.08. The van der Waals surface area contributed by atoms with Crippen molar-refractivity contribution in [2.75, 3.05) is 59.0 Å². The smallest absolute Gasteiger partial charge is 0.194 e. The third-order valence-electron chi connectivity index (χ3n) is 5.05. The van der Waals surface area contributed by atoms with Crippen molar-refractivity contribution in [2.45, 2.75) is 26.7 Å². The lowest BCUT2D eigenvalue weighted by molar-refractivity contribution is 0.163. The Balaban J connectivity index is 1.52. The maximum atomic E-state index is 5.49. The minimum atomic E-state index is 0.569. The van der Waals surface area contributed by atoms with E-state index in [4.69, 9.17) is 14.1 Å². The zero-order valence-electron chi connectivity index (χ0n) is 16.3. The zero-order valence-corrected chi connectivity index (χ0v) is 16.3. The molecule has 0 bridgehead atoms. The van der Waals surface area contributed by atoms with Gasteiger partial charge in [-0.3, -0.25) is 9.89 Å². The van der Waals surface area contributed by atoms with Crippen molar-refractivity contribution in [3.8, 4) is 0 Å². The Labute approximate surface area is 157 Å². The molecule has 2 fully saturated rings. The summed E-state index contributed by atoms with van der Waals surface area (Å²) in [5.74, 6) is 3.36. The summed E-state index contributed by atoms with van der Waals surface area (Å²) in [7, 11) is 0. The van der Waals surface area contributed by atoms with Crippen LogP contribution in [0.4, 0.5) is 0 Å². The molecule has 1 unspecified atom stereocenters. The highest BCUT2D eigenvalue weighted by molar-refractivity contribution is 5.80. The molecule has 3 rings (SSSR count). The molecule has 146 valence electrons. The molecule has 0 amide bonds. The second kappa shape index (κ2) is 9.97. The average Bonchev–Trinajstić information content (AvgIpc) is 3.32. The first-order valence-electron chi connectivity index (χ1n) is 10.1. The largest absolute Gasteiger partial charge is 0.469 e. The molecule has 1 aromatic heterocycles. The molecule has 26 heavy (non-hydrogen) atoms. The lowest BCUT2D eigenvalue weighted by Crippen LogP contribution is -2.53. The van der Waals surface area contributed by atoms with Crippen LogP contribution in [0.5, 0.6) is 0 Å². The quantitative estimate of drug-likeness (QED) is 0.594. The molecule has 0 spiro atoms. The fraction of sp³-hybridized carbons (Fsp3) is 0.750. The highest BCUT2D eigenvalue weighted by atomic mass is 16.5. The number of aliphatic imine (C=N–C) groups is 1. The Hall–Kier alpha value is -1.53. The third-order valence-corrected chi connectivity index (χ3v) is 5.05. The van der Waals surface area contributed by atoms with E-state index in [0.29, 0.717) is 5.92 Å². The summed E-state index contributed by atoms with van der Waals surface area (Å²) in [4.78, 5) is 9.91. The first kappa shape index (κ1) is 19.2. The first-order chi connectivity index (χ1) is 12.7. The Kier molecular flexibility index (Phi) is 7.38. The number of guanidine groups is 1. The van der Waals surface area contributed by atoms with Gasteiger partial charge < -0.3 is 19.4 Å². The Morgan fingerprint density at radius 3 is 2.81 bits per heavy atom. The monoisotopic (exact) mass is 362 g/mol. The van der Waals surface area contributed by atoms with Crippen LogP contribution in [0, 0.1) is 11.8 Å². The summed E-state index contributed by atoms with van der Waals surface area (Å²) in [6.07, 6.45) is 3.75. The second-order valence-corrected chi connectivity index (χ2v) is 7.83. The topological polar surface area (TPSA) is 53.2 Å². The molecule has 6 heteroatoms. The number of ether oxygens (including phenoxy) is 1. The van der Waals surface area contributed by atoms with Gasteiger partial charge in [0.25, 0.3) is 0 Å². The number of hydrogen-bond acceptors (Lipinski definition) is 4. The normalized spacial score (nSPS) is 22.3. The fourth-order valence-electron chi connectivity index (χ4n) is 3.62. The van der Waals surface area contributed by atoms with Gasteiger partial charge in [0.05, 0.1) is 12.9 Å². The van der Waals surface area contributed by atoms with Gasteiger partial charge >= 0.3 is 0 Å². The van der Waals surface area contributed by atoms with Crippen molar-refractivity contribution in [1.82, 2.24) is 15.1 Å². The third kappa shape index (κ3) is 6.02. The van der Waals surface area contributed by atoms with E-state index in [-0.39, 0.29) is 0 Å². The number of rotatable bonds is 7. The van der Waals surface area contributed by atoms with E-state index in [0.717, 1.165) is 83.0 Å². The van der Waals surface area contributed by atoms with Crippen LogP contribution in [0.3, 0.4) is 0 Å². The van der Waals surface area contributed by atoms with Gasteiger partial charge in [0.2, 0.25) is 0 Å². The molecule has 2 aliphatic heterocycles. The van der Waals surface area contributed by atoms with Crippen molar-refractivity contribution >= 4 is 5.96 Å². The molecule has 3 heterocycles. The van der Waals surface area contributed by atoms with Gasteiger partial charge in [-0.2, -0.15) is 0 Å². The number of nitrogens with one attached hydrogen (secondary N) is 1. The summed E-state index contributed by atoms with van der Waals surface area (Å²) in [6, 6.07) is 3.97. The van der Waals surface area contributed by atoms with Gasteiger partial charge in [-0.25, -0.2) is 0 Å². The minimum absolute atomic E-state index is 0.569. The van der Waals surface area contributed by atoms with E-state index in [2.05, 4.69) is 29.0 Å². The van der Waals surface area contributed by atoms with Crippen molar-refractivity contribution in [3.05, 3.63) is 24.2 Å². The van der Waals surface area contributed by atoms with Crippen LogP contribution in [0.15, 0.2) is 27.8 Å². The van der Waals surface area contributed by atoms with Crippen LogP contribution >= 0.6 is 0 Å². The SMILES string of the molecule is CC(C)CN1CCN(C(=NCC2CCOC2)NCCc2ccco2)CC1. The molecule has 0 aromatic carbocycles. The van der Waals surface area contributed by atoms with Crippen molar-refractivity contribution < 1.29 is 9.15 Å². The fourth-order valence-corrected chi connectivity index (χ4v) is 3.62. The number of piperazine rings is 1. The van der Waals surface area contributed by atoms with Crippen LogP contribution in [-0.2, 0) is 11.2 Å². The molecule has 1 N–H and O–H groups in total. The molecule has 6 nitrogen and oxygen atoms in total. The Bertz CT molecular complexity index is 530. The van der Waals surface area contributed by atoms with E-state index < -0.39 is 0 Å². The van der Waals surface area contributed by atoms with Crippen molar-refractivity contribution in [3.63, 3.8) is 0 Å². The number of hydrogen-bond donors (Lipinski definition) is 1. The zero-order chi connectivity index (χ0) is 18.2. The summed E-state index contributed by atoms with van der Waals surface area (Å²) in [5.41, 5.74) is 0. The molecule has 0 saturated carbocycles. The minimum Gasteiger partial charge on any atom is -0.469 e. The predicted molar refractivity (Wildman–Crippen MR) is 104 cm³/mol. The lowest BCUT2D eigenvalue weighted by Gasteiger charge is -2.37. The average molecular weight is 363 g/mol. The second-order valence-electron chi connectivity index (χ2n) is 7.83. The lowest BCUT2D eigenvalue weighted by atomic mass is 10.1. The van der Waals surface area contributed by atoms with E-state index in [1.807, 2.05) is 12.1 Å². The molecule has 1 aromatic rings. The van der Waals surface area contributed by atoms with Crippen LogP contribution < -0.4 is 5.32 Å². The Morgan fingerprint density at radius 2 is 2.15 bits per heavy atom. The highest BCUT2D eigenvalue weighted by Gasteiger charge is 2.21. The maximum Gasteiger partial charge on any atom is 0.194 e. The van der Waals surface area contributed by atoms with Crippen molar-refractivity contribution in [1.29, 1.82) is 0 Å². The van der Waals surface area contributed by atoms with E-state index >= 15 is 0 Å². The van der Waals surface area contributed by atoms with Gasteiger partial charge in [-0.1, -0.05) is 13.8 Å². The summed E-state index contributed by atoms with van der Waals surface area (Å²) in [5, 5.41) is 3.56. The molecule has 2 saturated heterocycles. The van der Waals surface area contributed by atoms with E-state index in [9.17, 15) is 0 Å². The maximum absolute atomic E-state index is 5.49. The summed E-state index contributed by atoms with van der Waals surface area (Å²) in [6.45, 7) is 13.5. The van der Waals surface area contributed by atoms with Gasteiger partial charge in [0, 0.05) is 64.8 Å². The van der Waals surface area contributed by atoms with Crippen molar-refractivity contribution in [2.24, 2.45) is 16.8 Å². The summed E-state index contributed by atoms with van der Waals surface area (Å²) < 4.78 is 10.9. The molecule has 2 aliphatic rings. The molecule has 0 radical (unpaired) electrons. The van der Waals surface area contributed by atoms with Gasteiger partial charge in [-0.05, 0) is 24.5 Å². The molecule has 0 aliphatic carbocycles. The summed E-state index contributed by atoms with van der Waals surface area (Å²) >= 11 is 0. The van der Waals surface area contributed by atoms with Crippen LogP contribution in [0.1, 0.15) is 26.0 Å². The van der Waals surface area contributed by atoms with Gasteiger partial charge in [0.1, 0.15) is 5.76 Å². The van der Waals surface area contributed by atoms with Gasteiger partial charge in [-0.15, -0.1) is 0 Å². The number of furan rings is 1. The molecular weight excluding hydrogens is 328 g/mol. The standard InChI is InChI=1S/C20H34N4O2/c1-17(2)15-23-8-10-24(11-9-23)20(22-14-18-6-13-25-16-18)21-7-5-19-4-3-12-26-19/h3-4,12,17-18H,5-11,13-16H2,1-2H3,(H,21,22). The van der Waals surface area contributed by atoms with E-state index in [1.165, 1.54) is 6.54 Å². The van der Waals surface area contributed by atoms with E-state index in [1.54, 1.807) is 6.26 Å². The molecular formula is C20H34N4O2. The first-order valence-corrected chi connectivity index (χ1v) is 10.1. The molecule has 1 atom stereocenters. The van der Waals surface area contributed by atoms with Crippen LogP contribution in [-0.4, -0.2) is 74.8 Å².